The molecule has 40 heavy (non-hydrogen) atoms. The first-order valence-corrected chi connectivity index (χ1v) is 13.2. The second kappa shape index (κ2) is 12.7. The van der Waals surface area contributed by atoms with Crippen LogP contribution in [0.5, 0.6) is 5.75 Å². The summed E-state index contributed by atoms with van der Waals surface area (Å²) >= 11 is 5.99. The lowest BCUT2D eigenvalue weighted by molar-refractivity contribution is -0.127. The van der Waals surface area contributed by atoms with Crippen LogP contribution in [-0.2, 0) is 20.9 Å². The normalized spacial score (nSPS) is 15.4. The van der Waals surface area contributed by atoms with Gasteiger partial charge in [0.15, 0.2) is 0 Å². The van der Waals surface area contributed by atoms with Crippen LogP contribution in [0.15, 0.2) is 73.1 Å². The Morgan fingerprint density at radius 2 is 1.88 bits per heavy atom. The number of anilines is 1. The first kappa shape index (κ1) is 27.2. The molecule has 0 unspecified atom stereocenters. The lowest BCUT2D eigenvalue weighted by Crippen LogP contribution is -2.46. The van der Waals surface area contributed by atoms with Gasteiger partial charge in [-0.25, -0.2) is 0 Å². The fourth-order valence-electron chi connectivity index (χ4n) is 4.48. The minimum Gasteiger partial charge on any atom is -0.497 e. The maximum atomic E-state index is 14.0. The molecular formula is C28H28ClN7O4. The van der Waals surface area contributed by atoms with E-state index in [1.807, 2.05) is 0 Å². The summed E-state index contributed by atoms with van der Waals surface area (Å²) in [6.45, 7) is 0.765. The number of nitrogens with zero attached hydrogens (tertiary/aromatic N) is 6. The molecular weight excluding hydrogens is 534 g/mol. The van der Waals surface area contributed by atoms with Crippen LogP contribution in [0, 0.1) is 0 Å². The summed E-state index contributed by atoms with van der Waals surface area (Å²) in [4.78, 5) is 34.4. The zero-order chi connectivity index (χ0) is 27.9. The molecule has 3 heterocycles. The number of ether oxygens (including phenoxy) is 2. The molecule has 4 aromatic rings. The van der Waals surface area contributed by atoms with Gasteiger partial charge in [-0.3, -0.25) is 19.5 Å². The Morgan fingerprint density at radius 1 is 1.12 bits per heavy atom. The van der Waals surface area contributed by atoms with Gasteiger partial charge in [0, 0.05) is 41.8 Å². The van der Waals surface area contributed by atoms with Gasteiger partial charge in [-0.15, -0.1) is 10.2 Å². The predicted octanol–water partition coefficient (Wildman–Crippen LogP) is 3.47. The van der Waals surface area contributed by atoms with Crippen molar-refractivity contribution in [3.8, 4) is 17.1 Å². The molecule has 206 valence electrons. The minimum absolute atomic E-state index is 0.0576. The topological polar surface area (TPSA) is 124 Å². The second-order valence-corrected chi connectivity index (χ2v) is 9.61. The predicted molar refractivity (Wildman–Crippen MR) is 148 cm³/mol. The van der Waals surface area contributed by atoms with Crippen LogP contribution in [0.2, 0.25) is 5.02 Å². The summed E-state index contributed by atoms with van der Waals surface area (Å²) in [6.07, 6.45) is 4.94. The van der Waals surface area contributed by atoms with E-state index in [2.05, 4.69) is 25.7 Å². The van der Waals surface area contributed by atoms with Gasteiger partial charge in [0.1, 0.15) is 18.3 Å². The van der Waals surface area contributed by atoms with Crippen molar-refractivity contribution in [2.45, 2.75) is 31.5 Å². The van der Waals surface area contributed by atoms with Crippen molar-refractivity contribution in [1.82, 2.24) is 30.5 Å². The van der Waals surface area contributed by atoms with Gasteiger partial charge in [0.2, 0.25) is 11.7 Å². The largest absolute Gasteiger partial charge is 0.497 e. The third kappa shape index (κ3) is 6.44. The molecule has 12 heteroatoms. The summed E-state index contributed by atoms with van der Waals surface area (Å²) < 4.78 is 11.0. The van der Waals surface area contributed by atoms with Crippen molar-refractivity contribution in [1.29, 1.82) is 0 Å². The molecule has 1 aliphatic heterocycles. The maximum Gasteiger partial charge on any atom is 0.251 e. The molecule has 2 aromatic carbocycles. The first-order chi connectivity index (χ1) is 19.5. The first-order valence-electron chi connectivity index (χ1n) is 12.8. The monoisotopic (exact) mass is 561 g/mol. The van der Waals surface area contributed by atoms with E-state index in [4.69, 9.17) is 21.1 Å². The molecule has 2 atom stereocenters. The number of benzene rings is 2. The van der Waals surface area contributed by atoms with Gasteiger partial charge in [0.25, 0.3) is 5.91 Å². The number of methoxy groups -OCH3 is 1. The zero-order valence-corrected chi connectivity index (χ0v) is 22.6. The van der Waals surface area contributed by atoms with Gasteiger partial charge in [-0.2, -0.15) is 4.80 Å². The van der Waals surface area contributed by atoms with Crippen molar-refractivity contribution in [2.75, 3.05) is 25.2 Å². The van der Waals surface area contributed by atoms with Crippen LogP contribution in [0.3, 0.4) is 0 Å². The zero-order valence-electron chi connectivity index (χ0n) is 21.8. The number of pyridine rings is 1. The van der Waals surface area contributed by atoms with Crippen LogP contribution < -0.4 is 15.0 Å². The van der Waals surface area contributed by atoms with E-state index in [9.17, 15) is 9.59 Å². The Morgan fingerprint density at radius 3 is 2.55 bits per heavy atom. The average molecular weight is 562 g/mol. The Kier molecular flexibility index (Phi) is 8.62. The SMILES string of the molecule is COc1ccc(N(C(=O)Cn2nnc(-c3ccc(Cl)cc3)n2)[C@H](C(=O)NC[C@H]2CCCO2)c2ccncc2)cc1. The summed E-state index contributed by atoms with van der Waals surface area (Å²) in [7, 11) is 1.56. The van der Waals surface area contributed by atoms with Gasteiger partial charge < -0.3 is 14.8 Å². The van der Waals surface area contributed by atoms with Gasteiger partial charge in [-0.05, 0) is 84.3 Å². The molecule has 0 saturated carbocycles. The van der Waals surface area contributed by atoms with Crippen LogP contribution >= 0.6 is 11.6 Å². The number of halogens is 1. The smallest absolute Gasteiger partial charge is 0.251 e. The molecule has 11 nitrogen and oxygen atoms in total. The summed E-state index contributed by atoms with van der Waals surface area (Å²) in [5, 5.41) is 16.1. The van der Waals surface area contributed by atoms with E-state index < -0.39 is 11.9 Å². The lowest BCUT2D eigenvalue weighted by atomic mass is 10.0. The Bertz CT molecular complexity index is 1430. The Balaban J connectivity index is 1.46. The highest BCUT2D eigenvalue weighted by Gasteiger charge is 2.34. The van der Waals surface area contributed by atoms with Gasteiger partial charge in [-0.1, -0.05) is 11.6 Å². The molecule has 1 fully saturated rings. The standard InChI is InChI=1S/C28H28ClN7O4/c1-39-23-10-8-22(9-11-23)36(25(37)18-35-33-27(32-34-35)20-4-6-21(29)7-5-20)26(19-12-14-30-15-13-19)28(38)31-17-24-3-2-16-40-24/h4-15,24,26H,2-3,16-18H2,1H3,(H,31,38)/t24-,26+/m1/s1. The van der Waals surface area contributed by atoms with Crippen LogP contribution in [0.25, 0.3) is 11.4 Å². The van der Waals surface area contributed by atoms with E-state index in [0.29, 0.717) is 46.6 Å². The number of carbonyl (C=O) groups excluding carboxylic acids is 2. The van der Waals surface area contributed by atoms with Crippen LogP contribution in [0.4, 0.5) is 5.69 Å². The molecule has 2 aromatic heterocycles. The molecule has 1 saturated heterocycles. The number of nitrogens with one attached hydrogen (secondary N) is 1. The number of carbonyl (C=O) groups is 2. The second-order valence-electron chi connectivity index (χ2n) is 9.18. The van der Waals surface area contributed by atoms with E-state index in [1.165, 1.54) is 9.70 Å². The van der Waals surface area contributed by atoms with Gasteiger partial charge in [0.05, 0.1) is 13.2 Å². The summed E-state index contributed by atoms with van der Waals surface area (Å²) in [5.41, 5.74) is 1.80. The minimum atomic E-state index is -0.996. The highest BCUT2D eigenvalue weighted by molar-refractivity contribution is 6.30. The summed E-state index contributed by atoms with van der Waals surface area (Å²) in [6, 6.07) is 16.3. The molecule has 0 spiro atoms. The van der Waals surface area contributed by atoms with E-state index >= 15 is 0 Å². The van der Waals surface area contributed by atoms with Crippen LogP contribution in [0.1, 0.15) is 24.4 Å². The van der Waals surface area contributed by atoms with Crippen molar-refractivity contribution in [2.24, 2.45) is 0 Å². The van der Waals surface area contributed by atoms with E-state index in [0.717, 1.165) is 12.8 Å². The third-order valence-electron chi connectivity index (χ3n) is 6.51. The lowest BCUT2D eigenvalue weighted by Gasteiger charge is -2.31. The third-order valence-corrected chi connectivity index (χ3v) is 6.76. The molecule has 5 rings (SSSR count). The van der Waals surface area contributed by atoms with Crippen molar-refractivity contribution in [3.05, 3.63) is 83.6 Å². The number of aromatic nitrogens is 5. The molecule has 0 aliphatic carbocycles. The number of amides is 2. The maximum absolute atomic E-state index is 14.0. The molecule has 2 amide bonds. The summed E-state index contributed by atoms with van der Waals surface area (Å²) in [5.74, 6) is 0.198. The number of tetrazole rings is 1. The van der Waals surface area contributed by atoms with E-state index in [-0.39, 0.29) is 18.6 Å². The Hall–Kier alpha value is -4.35. The van der Waals surface area contributed by atoms with Crippen molar-refractivity contribution in [3.63, 3.8) is 0 Å². The van der Waals surface area contributed by atoms with Crippen molar-refractivity contribution < 1.29 is 19.1 Å². The fraction of sp³-hybridized carbons (Fsp3) is 0.286. The highest BCUT2D eigenvalue weighted by Crippen LogP contribution is 2.30. The average Bonchev–Trinajstić information content (AvgIpc) is 3.68. The quantitative estimate of drug-likeness (QED) is 0.312. The molecule has 0 bridgehead atoms. The number of hydrogen-bond acceptors (Lipinski definition) is 8. The molecule has 1 N–H and O–H groups in total. The van der Waals surface area contributed by atoms with E-state index in [1.54, 1.807) is 80.2 Å². The highest BCUT2D eigenvalue weighted by atomic mass is 35.5. The Labute approximate surface area is 236 Å². The fourth-order valence-corrected chi connectivity index (χ4v) is 4.61. The van der Waals surface area contributed by atoms with Gasteiger partial charge >= 0.3 is 0 Å². The molecule has 1 aliphatic rings. The van der Waals surface area contributed by atoms with Crippen molar-refractivity contribution >= 4 is 29.1 Å². The number of rotatable bonds is 10. The molecule has 0 radical (unpaired) electrons. The number of hydrogen-bond donors (Lipinski definition) is 1. The van der Waals surface area contributed by atoms with Crippen LogP contribution in [-0.4, -0.2) is 63.4 Å².